The van der Waals surface area contributed by atoms with Crippen LogP contribution in [0.3, 0.4) is 0 Å². The van der Waals surface area contributed by atoms with E-state index in [1.165, 1.54) is 6.33 Å². The number of rotatable bonds is 5. The summed E-state index contributed by atoms with van der Waals surface area (Å²) in [4.78, 5) is 12.6. The van der Waals surface area contributed by atoms with Crippen molar-refractivity contribution >= 4 is 39.7 Å². The van der Waals surface area contributed by atoms with E-state index in [0.717, 1.165) is 22.2 Å². The van der Waals surface area contributed by atoms with Gasteiger partial charge in [-0.05, 0) is 42.5 Å². The standard InChI is InChI=1S/C20H16ClN5O/c21-17-9-15(4-6-19(17)27-11-13-2-1-7-23-10-13)26-20-16-8-14(22)3-5-18(16)24-12-25-20/h1-10,12H,11,22H2,(H,24,25,26). The Hall–Kier alpha value is -3.38. The first-order chi connectivity index (χ1) is 13.2. The Morgan fingerprint density at radius 1 is 1.07 bits per heavy atom. The molecule has 0 unspecified atom stereocenters. The molecule has 134 valence electrons. The molecular formula is C20H16ClN5O. The van der Waals surface area contributed by atoms with Gasteiger partial charge in [-0.15, -0.1) is 0 Å². The predicted octanol–water partition coefficient (Wildman–Crippen LogP) is 4.58. The Morgan fingerprint density at radius 2 is 2.00 bits per heavy atom. The third kappa shape index (κ3) is 3.91. The van der Waals surface area contributed by atoms with Crippen molar-refractivity contribution in [3.63, 3.8) is 0 Å². The van der Waals surface area contributed by atoms with Crippen molar-refractivity contribution in [2.45, 2.75) is 6.61 Å². The number of nitrogen functional groups attached to an aromatic ring is 1. The second-order valence-corrected chi connectivity index (χ2v) is 6.33. The maximum Gasteiger partial charge on any atom is 0.141 e. The lowest BCUT2D eigenvalue weighted by atomic mass is 10.2. The number of hydrogen-bond acceptors (Lipinski definition) is 6. The highest BCUT2D eigenvalue weighted by atomic mass is 35.5. The molecule has 27 heavy (non-hydrogen) atoms. The zero-order valence-electron chi connectivity index (χ0n) is 14.3. The number of benzene rings is 2. The lowest BCUT2D eigenvalue weighted by molar-refractivity contribution is 0.306. The molecule has 7 heteroatoms. The Labute approximate surface area is 161 Å². The summed E-state index contributed by atoms with van der Waals surface area (Å²) in [6, 6.07) is 14.8. The van der Waals surface area contributed by atoms with Crippen LogP contribution < -0.4 is 15.8 Å². The molecule has 2 aromatic carbocycles. The summed E-state index contributed by atoms with van der Waals surface area (Å²) in [6.45, 7) is 0.399. The molecule has 0 spiro atoms. The van der Waals surface area contributed by atoms with Crippen LogP contribution in [0.2, 0.25) is 5.02 Å². The zero-order valence-corrected chi connectivity index (χ0v) is 15.0. The number of fused-ring (bicyclic) bond motifs is 1. The summed E-state index contributed by atoms with van der Waals surface area (Å²) in [6.07, 6.45) is 4.99. The SMILES string of the molecule is Nc1ccc2ncnc(Nc3ccc(OCc4cccnc4)c(Cl)c3)c2c1. The van der Waals surface area contributed by atoms with Gasteiger partial charge in [-0.25, -0.2) is 9.97 Å². The van der Waals surface area contributed by atoms with Crippen molar-refractivity contribution in [1.29, 1.82) is 0 Å². The number of nitrogens with two attached hydrogens (primary N) is 1. The third-order valence-electron chi connectivity index (χ3n) is 3.97. The maximum atomic E-state index is 6.37. The normalized spacial score (nSPS) is 10.7. The van der Waals surface area contributed by atoms with Gasteiger partial charge in [0.05, 0.1) is 10.5 Å². The lowest BCUT2D eigenvalue weighted by Crippen LogP contribution is -1.99. The summed E-state index contributed by atoms with van der Waals surface area (Å²) in [5.74, 6) is 1.26. The van der Waals surface area contributed by atoms with Crippen molar-refractivity contribution in [2.75, 3.05) is 11.1 Å². The van der Waals surface area contributed by atoms with Crippen LogP contribution in [-0.4, -0.2) is 15.0 Å². The molecule has 0 bridgehead atoms. The number of aromatic nitrogens is 3. The van der Waals surface area contributed by atoms with E-state index in [1.807, 2.05) is 42.5 Å². The number of hydrogen-bond donors (Lipinski definition) is 2. The molecule has 2 heterocycles. The van der Waals surface area contributed by atoms with Gasteiger partial charge in [-0.2, -0.15) is 0 Å². The van der Waals surface area contributed by atoms with Crippen LogP contribution in [0.5, 0.6) is 5.75 Å². The van der Waals surface area contributed by atoms with E-state index in [0.29, 0.717) is 28.9 Å². The monoisotopic (exact) mass is 377 g/mol. The van der Waals surface area contributed by atoms with Gasteiger partial charge in [0.2, 0.25) is 0 Å². The van der Waals surface area contributed by atoms with Crippen molar-refractivity contribution in [3.05, 3.63) is 77.8 Å². The summed E-state index contributed by atoms with van der Waals surface area (Å²) in [7, 11) is 0. The average molecular weight is 378 g/mol. The van der Waals surface area contributed by atoms with E-state index in [4.69, 9.17) is 22.1 Å². The van der Waals surface area contributed by atoms with Gasteiger partial charge >= 0.3 is 0 Å². The second-order valence-electron chi connectivity index (χ2n) is 5.92. The van der Waals surface area contributed by atoms with Gasteiger partial charge < -0.3 is 15.8 Å². The van der Waals surface area contributed by atoms with Crippen LogP contribution >= 0.6 is 11.6 Å². The zero-order chi connectivity index (χ0) is 18.6. The van der Waals surface area contributed by atoms with Crippen LogP contribution in [0.1, 0.15) is 5.56 Å². The van der Waals surface area contributed by atoms with Gasteiger partial charge in [-0.1, -0.05) is 17.7 Å². The third-order valence-corrected chi connectivity index (χ3v) is 4.27. The average Bonchev–Trinajstić information content (AvgIpc) is 2.69. The molecule has 4 aromatic rings. The van der Waals surface area contributed by atoms with E-state index in [-0.39, 0.29) is 0 Å². The maximum absolute atomic E-state index is 6.37. The molecule has 0 atom stereocenters. The molecular weight excluding hydrogens is 362 g/mol. The minimum Gasteiger partial charge on any atom is -0.487 e. The fourth-order valence-electron chi connectivity index (χ4n) is 2.65. The number of nitrogens with zero attached hydrogens (tertiary/aromatic N) is 3. The van der Waals surface area contributed by atoms with Crippen molar-refractivity contribution in [3.8, 4) is 5.75 Å². The van der Waals surface area contributed by atoms with E-state index < -0.39 is 0 Å². The molecule has 0 aliphatic heterocycles. The lowest BCUT2D eigenvalue weighted by Gasteiger charge is -2.12. The van der Waals surface area contributed by atoms with Gasteiger partial charge in [0, 0.05) is 34.7 Å². The van der Waals surface area contributed by atoms with Crippen molar-refractivity contribution < 1.29 is 4.74 Å². The first-order valence-electron chi connectivity index (χ1n) is 8.27. The number of nitrogens with one attached hydrogen (secondary N) is 1. The first-order valence-corrected chi connectivity index (χ1v) is 8.65. The van der Waals surface area contributed by atoms with Crippen molar-refractivity contribution in [1.82, 2.24) is 15.0 Å². The van der Waals surface area contributed by atoms with Crippen LogP contribution in [0.25, 0.3) is 10.9 Å². The highest BCUT2D eigenvalue weighted by molar-refractivity contribution is 6.32. The number of ether oxygens (including phenoxy) is 1. The van der Waals surface area contributed by atoms with Gasteiger partial charge in [0.1, 0.15) is 24.5 Å². The molecule has 0 radical (unpaired) electrons. The molecule has 0 aliphatic rings. The summed E-state index contributed by atoms with van der Waals surface area (Å²) in [5.41, 5.74) is 9.11. The van der Waals surface area contributed by atoms with Crippen LogP contribution in [0.4, 0.5) is 17.2 Å². The minimum atomic E-state index is 0.399. The fourth-order valence-corrected chi connectivity index (χ4v) is 2.89. The smallest absolute Gasteiger partial charge is 0.141 e. The largest absolute Gasteiger partial charge is 0.487 e. The van der Waals surface area contributed by atoms with Gasteiger partial charge in [0.25, 0.3) is 0 Å². The molecule has 0 saturated heterocycles. The molecule has 0 aliphatic carbocycles. The quantitative estimate of drug-likeness (QED) is 0.495. The van der Waals surface area contributed by atoms with E-state index >= 15 is 0 Å². The summed E-state index contributed by atoms with van der Waals surface area (Å²) >= 11 is 6.37. The molecule has 0 fully saturated rings. The highest BCUT2D eigenvalue weighted by Gasteiger charge is 2.08. The number of pyridine rings is 1. The Balaban J connectivity index is 1.54. The Bertz CT molecular complexity index is 1090. The highest BCUT2D eigenvalue weighted by Crippen LogP contribution is 2.31. The number of halogens is 1. The number of anilines is 3. The second kappa shape index (κ2) is 7.47. The van der Waals surface area contributed by atoms with Crippen molar-refractivity contribution in [2.24, 2.45) is 0 Å². The van der Waals surface area contributed by atoms with E-state index in [1.54, 1.807) is 18.5 Å². The van der Waals surface area contributed by atoms with Crippen LogP contribution in [0, 0.1) is 0 Å². The predicted molar refractivity (Wildman–Crippen MR) is 107 cm³/mol. The molecule has 0 saturated carbocycles. The summed E-state index contributed by atoms with van der Waals surface area (Å²) in [5, 5.41) is 4.60. The fraction of sp³-hybridized carbons (Fsp3) is 0.0500. The Morgan fingerprint density at radius 3 is 2.81 bits per heavy atom. The topological polar surface area (TPSA) is 86.0 Å². The first kappa shape index (κ1) is 17.1. The van der Waals surface area contributed by atoms with Gasteiger partial charge in [-0.3, -0.25) is 4.98 Å². The van der Waals surface area contributed by atoms with Crippen LogP contribution in [0.15, 0.2) is 67.3 Å². The van der Waals surface area contributed by atoms with Crippen LogP contribution in [-0.2, 0) is 6.61 Å². The molecule has 6 nitrogen and oxygen atoms in total. The minimum absolute atomic E-state index is 0.399. The van der Waals surface area contributed by atoms with E-state index in [9.17, 15) is 0 Å². The molecule has 2 aromatic heterocycles. The molecule has 3 N–H and O–H groups in total. The van der Waals surface area contributed by atoms with E-state index in [2.05, 4.69) is 20.3 Å². The Kier molecular flexibility index (Phi) is 4.72. The van der Waals surface area contributed by atoms with Gasteiger partial charge in [0.15, 0.2) is 0 Å². The molecule has 4 rings (SSSR count). The molecule has 0 amide bonds. The summed E-state index contributed by atoms with van der Waals surface area (Å²) < 4.78 is 5.77.